The van der Waals surface area contributed by atoms with E-state index in [-0.39, 0.29) is 11.7 Å². The molecular weight excluding hydrogens is 336 g/mol. The van der Waals surface area contributed by atoms with Crippen LogP contribution in [0.2, 0.25) is 0 Å². The Bertz CT molecular complexity index is 497. The summed E-state index contributed by atoms with van der Waals surface area (Å²) in [5, 5.41) is 9.92. The average Bonchev–Trinajstić information content (AvgIpc) is 2.88. The van der Waals surface area contributed by atoms with Crippen LogP contribution in [0, 0.1) is 0 Å². The molecule has 0 bridgehead atoms. The highest BCUT2D eigenvalue weighted by molar-refractivity contribution is 9.10. The molecule has 3 atom stereocenters. The van der Waals surface area contributed by atoms with Crippen LogP contribution < -0.4 is 4.74 Å². The van der Waals surface area contributed by atoms with Crippen LogP contribution in [0.5, 0.6) is 5.75 Å². The molecule has 0 aromatic heterocycles. The third kappa shape index (κ3) is 3.42. The maximum absolute atomic E-state index is 9.92. The highest BCUT2D eigenvalue weighted by atomic mass is 79.9. The van der Waals surface area contributed by atoms with Crippen molar-refractivity contribution < 1.29 is 19.3 Å². The van der Waals surface area contributed by atoms with Gasteiger partial charge in [-0.1, -0.05) is 15.9 Å². The predicted molar refractivity (Wildman–Crippen MR) is 82.5 cm³/mol. The summed E-state index contributed by atoms with van der Waals surface area (Å²) in [6.45, 7) is 3.89. The minimum atomic E-state index is -0.555. The molecule has 0 saturated carbocycles. The summed E-state index contributed by atoms with van der Waals surface area (Å²) in [4.78, 5) is 0. The Labute approximate surface area is 133 Å². The molecule has 1 aromatic rings. The number of aliphatic hydroxyl groups excluding tert-OH is 1. The zero-order valence-corrected chi connectivity index (χ0v) is 13.8. The number of ether oxygens (including phenoxy) is 3. The normalized spacial score (nSPS) is 30.5. The highest BCUT2D eigenvalue weighted by Gasteiger charge is 2.42. The first-order valence-electron chi connectivity index (χ1n) is 7.44. The van der Waals surface area contributed by atoms with Gasteiger partial charge in [-0.2, -0.15) is 0 Å². The van der Waals surface area contributed by atoms with E-state index in [1.54, 1.807) is 6.92 Å². The second kappa shape index (κ2) is 6.24. The van der Waals surface area contributed by atoms with Gasteiger partial charge in [0.05, 0.1) is 24.9 Å². The van der Waals surface area contributed by atoms with Crippen molar-refractivity contribution in [3.05, 3.63) is 28.2 Å². The van der Waals surface area contributed by atoms with Gasteiger partial charge in [-0.15, -0.1) is 0 Å². The molecule has 0 aliphatic carbocycles. The molecule has 1 aromatic carbocycles. The van der Waals surface area contributed by atoms with Gasteiger partial charge in [0, 0.05) is 35.9 Å². The van der Waals surface area contributed by atoms with Crippen molar-refractivity contribution in [2.45, 2.75) is 44.0 Å². The molecule has 4 nitrogen and oxygen atoms in total. The van der Waals surface area contributed by atoms with Crippen molar-refractivity contribution >= 4 is 15.9 Å². The van der Waals surface area contributed by atoms with Crippen LogP contribution >= 0.6 is 15.9 Å². The van der Waals surface area contributed by atoms with Crippen molar-refractivity contribution in [3.63, 3.8) is 0 Å². The lowest BCUT2D eigenvalue weighted by molar-refractivity contribution is -0.112. The minimum Gasteiger partial charge on any atom is -0.490 e. The molecule has 3 unspecified atom stereocenters. The zero-order chi connectivity index (χ0) is 14.9. The summed E-state index contributed by atoms with van der Waals surface area (Å²) in [5.74, 6) is 0.758. The highest BCUT2D eigenvalue weighted by Crippen LogP contribution is 2.36. The van der Waals surface area contributed by atoms with Crippen molar-refractivity contribution in [2.75, 3.05) is 19.8 Å². The Morgan fingerprint density at radius 2 is 2.29 bits per heavy atom. The molecule has 2 aliphatic rings. The molecule has 21 heavy (non-hydrogen) atoms. The second-order valence-electron chi connectivity index (χ2n) is 5.92. The molecule has 116 valence electrons. The number of rotatable bonds is 3. The van der Waals surface area contributed by atoms with Crippen LogP contribution in [-0.4, -0.2) is 36.6 Å². The van der Waals surface area contributed by atoms with Crippen molar-refractivity contribution in [2.24, 2.45) is 0 Å². The Kier molecular flexibility index (Phi) is 4.54. The van der Waals surface area contributed by atoms with E-state index in [4.69, 9.17) is 14.2 Å². The molecule has 0 amide bonds. The Morgan fingerprint density at radius 3 is 3.00 bits per heavy atom. The SMILES string of the molecule is CC(O)c1cc(Br)ccc1OC1CCOC2(CCOC2)C1. The topological polar surface area (TPSA) is 47.9 Å². The molecule has 2 fully saturated rings. The van der Waals surface area contributed by atoms with Gasteiger partial charge in [0.25, 0.3) is 0 Å². The fourth-order valence-electron chi connectivity index (χ4n) is 3.08. The number of hydrogen-bond acceptors (Lipinski definition) is 4. The average molecular weight is 357 g/mol. The predicted octanol–water partition coefficient (Wildman–Crippen LogP) is 3.22. The van der Waals surface area contributed by atoms with E-state index in [0.717, 1.165) is 41.7 Å². The molecule has 5 heteroatoms. The van der Waals surface area contributed by atoms with E-state index >= 15 is 0 Å². The largest absolute Gasteiger partial charge is 0.490 e. The van der Waals surface area contributed by atoms with Gasteiger partial charge in [0.15, 0.2) is 0 Å². The molecule has 3 rings (SSSR count). The van der Waals surface area contributed by atoms with Crippen molar-refractivity contribution in [1.82, 2.24) is 0 Å². The maximum Gasteiger partial charge on any atom is 0.125 e. The van der Waals surface area contributed by atoms with Gasteiger partial charge in [-0.25, -0.2) is 0 Å². The third-order valence-corrected chi connectivity index (χ3v) is 4.72. The van der Waals surface area contributed by atoms with Crippen LogP contribution in [0.4, 0.5) is 0 Å². The number of halogens is 1. The molecule has 0 radical (unpaired) electrons. The van der Waals surface area contributed by atoms with E-state index in [1.807, 2.05) is 18.2 Å². The van der Waals surface area contributed by atoms with Crippen LogP contribution in [-0.2, 0) is 9.47 Å². The molecule has 1 spiro atoms. The third-order valence-electron chi connectivity index (χ3n) is 4.23. The fourth-order valence-corrected chi connectivity index (χ4v) is 3.46. The summed E-state index contributed by atoms with van der Waals surface area (Å²) < 4.78 is 18.5. The smallest absolute Gasteiger partial charge is 0.125 e. The lowest BCUT2D eigenvalue weighted by Crippen LogP contribution is -2.44. The lowest BCUT2D eigenvalue weighted by atomic mass is 9.91. The molecule has 2 aliphatic heterocycles. The summed E-state index contributed by atoms with van der Waals surface area (Å²) in [6.07, 6.45) is 2.22. The van der Waals surface area contributed by atoms with Gasteiger partial charge < -0.3 is 19.3 Å². The monoisotopic (exact) mass is 356 g/mol. The second-order valence-corrected chi connectivity index (χ2v) is 6.84. The van der Waals surface area contributed by atoms with Crippen LogP contribution in [0.25, 0.3) is 0 Å². The molecule has 2 heterocycles. The summed E-state index contributed by atoms with van der Waals surface area (Å²) in [6, 6.07) is 5.77. The van der Waals surface area contributed by atoms with Crippen LogP contribution in [0.3, 0.4) is 0 Å². The van der Waals surface area contributed by atoms with E-state index in [9.17, 15) is 5.11 Å². The summed E-state index contributed by atoms with van der Waals surface area (Å²) >= 11 is 3.44. The van der Waals surface area contributed by atoms with Gasteiger partial charge in [0.2, 0.25) is 0 Å². The Balaban J connectivity index is 1.74. The van der Waals surface area contributed by atoms with Gasteiger partial charge in [0.1, 0.15) is 11.9 Å². The summed E-state index contributed by atoms with van der Waals surface area (Å²) in [7, 11) is 0. The van der Waals surface area contributed by atoms with E-state index in [1.165, 1.54) is 0 Å². The quantitative estimate of drug-likeness (QED) is 0.903. The molecule has 1 N–H and O–H groups in total. The minimum absolute atomic E-state index is 0.110. The molecule has 2 saturated heterocycles. The lowest BCUT2D eigenvalue weighted by Gasteiger charge is -2.37. The van der Waals surface area contributed by atoms with Gasteiger partial charge in [-0.05, 0) is 25.1 Å². The van der Waals surface area contributed by atoms with Crippen LogP contribution in [0.15, 0.2) is 22.7 Å². The summed E-state index contributed by atoms with van der Waals surface area (Å²) in [5.41, 5.74) is 0.649. The first-order valence-corrected chi connectivity index (χ1v) is 8.23. The number of aliphatic hydroxyl groups is 1. The van der Waals surface area contributed by atoms with Gasteiger partial charge >= 0.3 is 0 Å². The fraction of sp³-hybridized carbons (Fsp3) is 0.625. The zero-order valence-electron chi connectivity index (χ0n) is 12.2. The first kappa shape index (κ1) is 15.3. The standard InChI is InChI=1S/C16H21BrO4/c1-11(18)14-8-12(17)2-3-15(14)21-13-4-6-20-16(9-13)5-7-19-10-16/h2-3,8,11,13,18H,4-7,9-10H2,1H3. The van der Waals surface area contributed by atoms with Crippen LogP contribution in [0.1, 0.15) is 37.9 Å². The van der Waals surface area contributed by atoms with Gasteiger partial charge in [-0.3, -0.25) is 0 Å². The number of hydrogen-bond donors (Lipinski definition) is 1. The molecular formula is C16H21BrO4. The van der Waals surface area contributed by atoms with E-state index in [0.29, 0.717) is 13.2 Å². The Hall–Kier alpha value is -0.620. The first-order chi connectivity index (χ1) is 10.1. The van der Waals surface area contributed by atoms with E-state index < -0.39 is 6.10 Å². The van der Waals surface area contributed by atoms with E-state index in [2.05, 4.69) is 15.9 Å². The van der Waals surface area contributed by atoms with Crippen molar-refractivity contribution in [3.8, 4) is 5.75 Å². The Morgan fingerprint density at radius 1 is 1.43 bits per heavy atom. The number of benzene rings is 1. The van der Waals surface area contributed by atoms with Crippen molar-refractivity contribution in [1.29, 1.82) is 0 Å². The maximum atomic E-state index is 9.92.